The van der Waals surface area contributed by atoms with E-state index in [-0.39, 0.29) is 11.9 Å². The number of anilines is 1. The van der Waals surface area contributed by atoms with Crippen LogP contribution in [-0.2, 0) is 6.42 Å². The highest BCUT2D eigenvalue weighted by Gasteiger charge is 2.23. The van der Waals surface area contributed by atoms with Gasteiger partial charge in [-0.3, -0.25) is 4.98 Å². The van der Waals surface area contributed by atoms with Gasteiger partial charge in [-0.05, 0) is 42.7 Å². The molecule has 1 atom stereocenters. The van der Waals surface area contributed by atoms with E-state index in [2.05, 4.69) is 32.3 Å². The molecule has 0 fully saturated rings. The zero-order valence-electron chi connectivity index (χ0n) is 9.66. The third-order valence-corrected chi connectivity index (χ3v) is 3.71. The number of pyridine rings is 1. The quantitative estimate of drug-likeness (QED) is 0.904. The number of rotatable bonds is 2. The van der Waals surface area contributed by atoms with E-state index >= 15 is 0 Å². The molecule has 2 nitrogen and oxygen atoms in total. The average Bonchev–Trinajstić information content (AvgIpc) is 2.76. The van der Waals surface area contributed by atoms with Crippen molar-refractivity contribution in [3.63, 3.8) is 0 Å². The van der Waals surface area contributed by atoms with Crippen molar-refractivity contribution in [1.82, 2.24) is 4.98 Å². The van der Waals surface area contributed by atoms with E-state index in [1.807, 2.05) is 12.1 Å². The Kier molecular flexibility index (Phi) is 3.04. The Morgan fingerprint density at radius 3 is 3.06 bits per heavy atom. The molecule has 0 amide bonds. The van der Waals surface area contributed by atoms with Gasteiger partial charge < -0.3 is 5.32 Å². The van der Waals surface area contributed by atoms with Crippen LogP contribution < -0.4 is 5.32 Å². The van der Waals surface area contributed by atoms with E-state index in [4.69, 9.17) is 0 Å². The molecule has 0 spiro atoms. The zero-order valence-corrected chi connectivity index (χ0v) is 11.2. The summed E-state index contributed by atoms with van der Waals surface area (Å²) in [4.78, 5) is 4.39. The van der Waals surface area contributed by atoms with Crippen molar-refractivity contribution in [3.05, 3.63) is 58.1 Å². The number of aromatic nitrogens is 1. The average molecular weight is 307 g/mol. The van der Waals surface area contributed by atoms with Crippen molar-refractivity contribution < 1.29 is 4.39 Å². The highest BCUT2D eigenvalue weighted by molar-refractivity contribution is 9.10. The molecule has 1 N–H and O–H groups in total. The van der Waals surface area contributed by atoms with E-state index in [1.165, 1.54) is 11.6 Å². The maximum Gasteiger partial charge on any atom is 0.147 e. The lowest BCUT2D eigenvalue weighted by atomic mass is 10.2. The van der Waals surface area contributed by atoms with Crippen LogP contribution in [0, 0.1) is 5.82 Å². The highest BCUT2D eigenvalue weighted by Crippen LogP contribution is 2.33. The van der Waals surface area contributed by atoms with Gasteiger partial charge in [0.1, 0.15) is 5.82 Å². The number of hydrogen-bond acceptors (Lipinski definition) is 2. The molecular weight excluding hydrogens is 295 g/mol. The van der Waals surface area contributed by atoms with E-state index < -0.39 is 0 Å². The van der Waals surface area contributed by atoms with Crippen molar-refractivity contribution >= 4 is 21.6 Å². The molecule has 0 radical (unpaired) electrons. The SMILES string of the molecule is Fc1cc(Br)ccc1NC1CCc2cccnc21. The van der Waals surface area contributed by atoms with Gasteiger partial charge in [-0.15, -0.1) is 0 Å². The predicted octanol–water partition coefficient (Wildman–Crippen LogP) is 4.08. The Morgan fingerprint density at radius 2 is 2.22 bits per heavy atom. The molecule has 0 saturated carbocycles. The van der Waals surface area contributed by atoms with Gasteiger partial charge in [0, 0.05) is 10.7 Å². The molecule has 2 aromatic rings. The van der Waals surface area contributed by atoms with Crippen LogP contribution in [-0.4, -0.2) is 4.98 Å². The summed E-state index contributed by atoms with van der Waals surface area (Å²) < 4.78 is 14.5. The van der Waals surface area contributed by atoms with Gasteiger partial charge >= 0.3 is 0 Å². The number of nitrogens with zero attached hydrogens (tertiary/aromatic N) is 1. The summed E-state index contributed by atoms with van der Waals surface area (Å²) in [5.74, 6) is -0.242. The third kappa shape index (κ3) is 2.12. The van der Waals surface area contributed by atoms with Gasteiger partial charge in [0.15, 0.2) is 0 Å². The first kappa shape index (κ1) is 11.7. The summed E-state index contributed by atoms with van der Waals surface area (Å²) >= 11 is 3.25. The summed E-state index contributed by atoms with van der Waals surface area (Å²) in [6.07, 6.45) is 3.75. The van der Waals surface area contributed by atoms with Crippen LogP contribution in [0.15, 0.2) is 41.0 Å². The summed E-state index contributed by atoms with van der Waals surface area (Å²) in [7, 11) is 0. The van der Waals surface area contributed by atoms with E-state index in [0.29, 0.717) is 5.69 Å². The summed E-state index contributed by atoms with van der Waals surface area (Å²) in [6, 6.07) is 9.19. The first-order valence-electron chi connectivity index (χ1n) is 5.89. The molecule has 18 heavy (non-hydrogen) atoms. The smallest absolute Gasteiger partial charge is 0.147 e. The fourth-order valence-corrected chi connectivity index (χ4v) is 2.68. The number of hydrogen-bond donors (Lipinski definition) is 1. The van der Waals surface area contributed by atoms with Crippen LogP contribution in [0.2, 0.25) is 0 Å². The zero-order chi connectivity index (χ0) is 12.5. The second-order valence-electron chi connectivity index (χ2n) is 4.41. The fourth-order valence-electron chi connectivity index (χ4n) is 2.35. The largest absolute Gasteiger partial charge is 0.374 e. The minimum Gasteiger partial charge on any atom is -0.374 e. The molecule has 1 aromatic heterocycles. The monoisotopic (exact) mass is 306 g/mol. The molecule has 1 aliphatic carbocycles. The maximum absolute atomic E-state index is 13.8. The van der Waals surface area contributed by atoms with Gasteiger partial charge in [-0.1, -0.05) is 22.0 Å². The highest BCUT2D eigenvalue weighted by atomic mass is 79.9. The number of fused-ring (bicyclic) bond motifs is 1. The molecule has 0 bridgehead atoms. The van der Waals surface area contributed by atoms with Gasteiger partial charge in [0.25, 0.3) is 0 Å². The maximum atomic E-state index is 13.8. The topological polar surface area (TPSA) is 24.9 Å². The van der Waals surface area contributed by atoms with Gasteiger partial charge in [-0.2, -0.15) is 0 Å². The second kappa shape index (κ2) is 4.69. The first-order chi connectivity index (χ1) is 8.74. The van der Waals surface area contributed by atoms with E-state index in [9.17, 15) is 4.39 Å². The first-order valence-corrected chi connectivity index (χ1v) is 6.69. The van der Waals surface area contributed by atoms with Crippen LogP contribution in [0.5, 0.6) is 0 Å². The fraction of sp³-hybridized carbons (Fsp3) is 0.214. The minimum absolute atomic E-state index is 0.108. The van der Waals surface area contributed by atoms with E-state index in [0.717, 1.165) is 23.0 Å². The van der Waals surface area contributed by atoms with Crippen molar-refractivity contribution in [2.24, 2.45) is 0 Å². The Balaban J connectivity index is 1.86. The van der Waals surface area contributed by atoms with Crippen molar-refractivity contribution in [3.8, 4) is 0 Å². The van der Waals surface area contributed by atoms with Crippen LogP contribution in [0.4, 0.5) is 10.1 Å². The van der Waals surface area contributed by atoms with Crippen molar-refractivity contribution in [2.75, 3.05) is 5.32 Å². The predicted molar refractivity (Wildman–Crippen MR) is 73.0 cm³/mol. The molecule has 1 unspecified atom stereocenters. The van der Waals surface area contributed by atoms with Crippen LogP contribution in [0.3, 0.4) is 0 Å². The molecule has 1 aliphatic rings. The minimum atomic E-state index is -0.242. The third-order valence-electron chi connectivity index (χ3n) is 3.22. The normalized spacial score (nSPS) is 17.6. The summed E-state index contributed by atoms with van der Waals surface area (Å²) in [5, 5.41) is 3.23. The van der Waals surface area contributed by atoms with E-state index in [1.54, 1.807) is 12.3 Å². The molecule has 4 heteroatoms. The van der Waals surface area contributed by atoms with Gasteiger partial charge in [0.2, 0.25) is 0 Å². The summed E-state index contributed by atoms with van der Waals surface area (Å²) in [5.41, 5.74) is 2.83. The van der Waals surface area contributed by atoms with Crippen LogP contribution in [0.25, 0.3) is 0 Å². The Labute approximate surface area is 113 Å². The molecule has 1 aromatic carbocycles. The Bertz CT molecular complexity index is 586. The lowest BCUT2D eigenvalue weighted by Crippen LogP contribution is -2.09. The van der Waals surface area contributed by atoms with Gasteiger partial charge in [0.05, 0.1) is 17.4 Å². The van der Waals surface area contributed by atoms with Gasteiger partial charge in [-0.25, -0.2) is 4.39 Å². The van der Waals surface area contributed by atoms with Crippen LogP contribution >= 0.6 is 15.9 Å². The van der Waals surface area contributed by atoms with Crippen molar-refractivity contribution in [2.45, 2.75) is 18.9 Å². The molecule has 0 aliphatic heterocycles. The number of halogens is 2. The molecular formula is C14H12BrFN2. The van der Waals surface area contributed by atoms with Crippen LogP contribution in [0.1, 0.15) is 23.7 Å². The molecule has 1 heterocycles. The number of nitrogens with one attached hydrogen (secondary N) is 1. The lowest BCUT2D eigenvalue weighted by Gasteiger charge is -2.15. The summed E-state index contributed by atoms with van der Waals surface area (Å²) in [6.45, 7) is 0. The second-order valence-corrected chi connectivity index (χ2v) is 5.32. The lowest BCUT2D eigenvalue weighted by molar-refractivity contribution is 0.623. The Hall–Kier alpha value is -1.42. The molecule has 92 valence electrons. The Morgan fingerprint density at radius 1 is 1.33 bits per heavy atom. The molecule has 3 rings (SSSR count). The number of aryl methyl sites for hydroxylation is 1. The molecule has 0 saturated heterocycles. The number of benzene rings is 1. The van der Waals surface area contributed by atoms with Crippen molar-refractivity contribution in [1.29, 1.82) is 0 Å². The standard InChI is InChI=1S/C14H12BrFN2/c15-10-4-6-12(11(16)8-10)18-13-5-3-9-2-1-7-17-14(9)13/h1-2,4,6-8,13,18H,3,5H2.